The highest BCUT2D eigenvalue weighted by atomic mass is 16.1. The van der Waals surface area contributed by atoms with Crippen molar-refractivity contribution < 1.29 is 4.79 Å². The van der Waals surface area contributed by atoms with Gasteiger partial charge in [0.2, 0.25) is 5.91 Å². The largest absolute Gasteiger partial charge is 0.358 e. The summed E-state index contributed by atoms with van der Waals surface area (Å²) in [7, 11) is 1.70. The molecule has 110 valence electrons. The van der Waals surface area contributed by atoms with Crippen LogP contribution in [0.1, 0.15) is 50.8 Å². The molecule has 0 spiro atoms. The van der Waals surface area contributed by atoms with E-state index in [1.807, 2.05) is 0 Å². The first-order valence-electron chi connectivity index (χ1n) is 7.47. The summed E-state index contributed by atoms with van der Waals surface area (Å²) >= 11 is 0. The number of benzene rings is 1. The van der Waals surface area contributed by atoms with Crippen LogP contribution in [0.3, 0.4) is 0 Å². The summed E-state index contributed by atoms with van der Waals surface area (Å²) in [4.78, 5) is 13.9. The van der Waals surface area contributed by atoms with Crippen LogP contribution in [0.25, 0.3) is 0 Å². The van der Waals surface area contributed by atoms with Gasteiger partial charge in [0.05, 0.1) is 6.54 Å². The molecule has 3 nitrogen and oxygen atoms in total. The smallest absolute Gasteiger partial charge is 0.233 e. The second kappa shape index (κ2) is 5.96. The maximum Gasteiger partial charge on any atom is 0.233 e. The summed E-state index contributed by atoms with van der Waals surface area (Å²) in [6.45, 7) is 8.21. The molecule has 0 aliphatic carbocycles. The van der Waals surface area contributed by atoms with Crippen molar-refractivity contribution in [2.75, 3.05) is 20.1 Å². The van der Waals surface area contributed by atoms with E-state index >= 15 is 0 Å². The molecule has 1 atom stereocenters. The third kappa shape index (κ3) is 3.40. The Hall–Kier alpha value is -1.35. The molecule has 20 heavy (non-hydrogen) atoms. The second-order valence-corrected chi connectivity index (χ2v) is 6.67. The van der Waals surface area contributed by atoms with Gasteiger partial charge in [0, 0.05) is 13.1 Å². The van der Waals surface area contributed by atoms with E-state index in [9.17, 15) is 4.79 Å². The molecule has 1 aliphatic rings. The van der Waals surface area contributed by atoms with Crippen molar-refractivity contribution in [2.45, 2.75) is 45.1 Å². The maximum absolute atomic E-state index is 11.6. The molecular formula is C17H26N2O. The van der Waals surface area contributed by atoms with Gasteiger partial charge >= 0.3 is 0 Å². The first-order valence-corrected chi connectivity index (χ1v) is 7.47. The van der Waals surface area contributed by atoms with Gasteiger partial charge in [0.25, 0.3) is 0 Å². The van der Waals surface area contributed by atoms with Crippen molar-refractivity contribution in [2.24, 2.45) is 0 Å². The van der Waals surface area contributed by atoms with E-state index in [1.54, 1.807) is 7.05 Å². The van der Waals surface area contributed by atoms with Gasteiger partial charge in [-0.25, -0.2) is 0 Å². The van der Waals surface area contributed by atoms with Crippen LogP contribution >= 0.6 is 0 Å². The van der Waals surface area contributed by atoms with Gasteiger partial charge in [-0.2, -0.15) is 0 Å². The van der Waals surface area contributed by atoms with Gasteiger partial charge in [-0.05, 0) is 35.9 Å². The minimum absolute atomic E-state index is 0.100. The van der Waals surface area contributed by atoms with Crippen LogP contribution in [-0.2, 0) is 10.2 Å². The van der Waals surface area contributed by atoms with Crippen molar-refractivity contribution >= 4 is 5.91 Å². The predicted octanol–water partition coefficient (Wildman–Crippen LogP) is 2.87. The Morgan fingerprint density at radius 2 is 1.95 bits per heavy atom. The normalized spacial score (nSPS) is 20.1. The zero-order valence-corrected chi connectivity index (χ0v) is 13.1. The molecule has 1 fully saturated rings. The van der Waals surface area contributed by atoms with Crippen LogP contribution in [0.15, 0.2) is 24.3 Å². The van der Waals surface area contributed by atoms with Crippen molar-refractivity contribution in [1.82, 2.24) is 10.2 Å². The SMILES string of the molecule is CNC(=O)CN1CCCC1c1ccc(C(C)(C)C)cc1. The molecule has 0 radical (unpaired) electrons. The van der Waals surface area contributed by atoms with Crippen molar-refractivity contribution in [3.63, 3.8) is 0 Å². The van der Waals surface area contributed by atoms with E-state index in [2.05, 4.69) is 55.3 Å². The van der Waals surface area contributed by atoms with Gasteiger partial charge in [-0.1, -0.05) is 45.0 Å². The van der Waals surface area contributed by atoms with Crippen LogP contribution in [0.5, 0.6) is 0 Å². The molecule has 0 saturated carbocycles. The number of rotatable bonds is 3. The monoisotopic (exact) mass is 274 g/mol. The Bertz CT molecular complexity index is 459. The number of nitrogens with zero attached hydrogens (tertiary/aromatic N) is 1. The molecule has 0 bridgehead atoms. The minimum atomic E-state index is 0.100. The van der Waals surface area contributed by atoms with Gasteiger partial charge < -0.3 is 5.32 Å². The van der Waals surface area contributed by atoms with Crippen LogP contribution in [0.4, 0.5) is 0 Å². The van der Waals surface area contributed by atoms with Crippen LogP contribution in [0.2, 0.25) is 0 Å². The highest BCUT2D eigenvalue weighted by molar-refractivity contribution is 5.77. The lowest BCUT2D eigenvalue weighted by molar-refractivity contribution is -0.122. The molecule has 1 unspecified atom stereocenters. The lowest BCUT2D eigenvalue weighted by Crippen LogP contribution is -2.35. The van der Waals surface area contributed by atoms with Crippen LogP contribution < -0.4 is 5.32 Å². The van der Waals surface area contributed by atoms with Crippen LogP contribution in [-0.4, -0.2) is 30.9 Å². The summed E-state index contributed by atoms with van der Waals surface area (Å²) in [5.41, 5.74) is 2.88. The number of likely N-dealkylation sites (N-methyl/N-ethyl adjacent to an activating group) is 1. The molecule has 1 N–H and O–H groups in total. The summed E-state index contributed by atoms with van der Waals surface area (Å²) < 4.78 is 0. The standard InChI is InChI=1S/C17H26N2O/c1-17(2,3)14-9-7-13(8-10-14)15-6-5-11-19(15)12-16(20)18-4/h7-10,15H,5-6,11-12H2,1-4H3,(H,18,20). The maximum atomic E-state index is 11.6. The fourth-order valence-corrected chi connectivity index (χ4v) is 2.86. The number of amides is 1. The van der Waals surface area contributed by atoms with E-state index in [1.165, 1.54) is 17.5 Å². The third-order valence-corrected chi connectivity index (χ3v) is 4.15. The zero-order valence-electron chi connectivity index (χ0n) is 13.1. The van der Waals surface area contributed by atoms with Gasteiger partial charge in [-0.3, -0.25) is 9.69 Å². The Morgan fingerprint density at radius 3 is 2.50 bits per heavy atom. The Kier molecular flexibility index (Phi) is 4.48. The fraction of sp³-hybridized carbons (Fsp3) is 0.588. The molecule has 3 heteroatoms. The Morgan fingerprint density at radius 1 is 1.30 bits per heavy atom. The van der Waals surface area contributed by atoms with Gasteiger partial charge in [0.15, 0.2) is 0 Å². The van der Waals surface area contributed by atoms with E-state index in [4.69, 9.17) is 0 Å². The molecule has 1 aromatic carbocycles. The number of carbonyl (C=O) groups excluding carboxylic acids is 1. The minimum Gasteiger partial charge on any atom is -0.358 e. The number of hydrogen-bond donors (Lipinski definition) is 1. The van der Waals surface area contributed by atoms with Crippen molar-refractivity contribution in [1.29, 1.82) is 0 Å². The van der Waals surface area contributed by atoms with E-state index in [0.29, 0.717) is 12.6 Å². The van der Waals surface area contributed by atoms with Gasteiger partial charge in [0.1, 0.15) is 0 Å². The highest BCUT2D eigenvalue weighted by Crippen LogP contribution is 2.32. The summed E-state index contributed by atoms with van der Waals surface area (Å²) in [5, 5.41) is 2.71. The van der Waals surface area contributed by atoms with E-state index in [0.717, 1.165) is 13.0 Å². The van der Waals surface area contributed by atoms with Crippen LogP contribution in [0, 0.1) is 0 Å². The number of carbonyl (C=O) groups is 1. The van der Waals surface area contributed by atoms with E-state index in [-0.39, 0.29) is 11.3 Å². The fourth-order valence-electron chi connectivity index (χ4n) is 2.86. The molecule has 1 aromatic rings. The molecule has 1 saturated heterocycles. The number of nitrogens with one attached hydrogen (secondary N) is 1. The first-order chi connectivity index (χ1) is 9.41. The predicted molar refractivity (Wildman–Crippen MR) is 82.8 cm³/mol. The number of likely N-dealkylation sites (tertiary alicyclic amines) is 1. The Balaban J connectivity index is 2.12. The highest BCUT2D eigenvalue weighted by Gasteiger charge is 2.27. The topological polar surface area (TPSA) is 32.3 Å². The summed E-state index contributed by atoms with van der Waals surface area (Å²) in [5.74, 6) is 0.100. The molecule has 1 heterocycles. The number of hydrogen-bond acceptors (Lipinski definition) is 2. The zero-order chi connectivity index (χ0) is 14.8. The molecule has 1 amide bonds. The molecule has 2 rings (SSSR count). The molecular weight excluding hydrogens is 248 g/mol. The second-order valence-electron chi connectivity index (χ2n) is 6.67. The first kappa shape index (κ1) is 15.0. The van der Waals surface area contributed by atoms with Gasteiger partial charge in [-0.15, -0.1) is 0 Å². The molecule has 1 aliphatic heterocycles. The third-order valence-electron chi connectivity index (χ3n) is 4.15. The lowest BCUT2D eigenvalue weighted by Gasteiger charge is -2.25. The average molecular weight is 274 g/mol. The lowest BCUT2D eigenvalue weighted by atomic mass is 9.86. The van der Waals surface area contributed by atoms with Crippen molar-refractivity contribution in [3.8, 4) is 0 Å². The average Bonchev–Trinajstić information content (AvgIpc) is 2.86. The molecule has 0 aromatic heterocycles. The summed E-state index contributed by atoms with van der Waals surface area (Å²) in [6, 6.07) is 9.31. The van der Waals surface area contributed by atoms with E-state index < -0.39 is 0 Å². The summed E-state index contributed by atoms with van der Waals surface area (Å²) in [6.07, 6.45) is 2.31. The van der Waals surface area contributed by atoms with Crippen molar-refractivity contribution in [3.05, 3.63) is 35.4 Å². The quantitative estimate of drug-likeness (QED) is 0.919. The Labute approximate surface area is 122 Å².